The topological polar surface area (TPSA) is 35.0 Å². The van der Waals surface area contributed by atoms with Crippen molar-refractivity contribution < 1.29 is 22.3 Å². The van der Waals surface area contributed by atoms with Crippen molar-refractivity contribution >= 4 is 0 Å². The molecule has 3 nitrogen and oxygen atoms in total. The number of alkyl halides is 3. The minimum absolute atomic E-state index is 0.0194. The van der Waals surface area contributed by atoms with Crippen molar-refractivity contribution in [2.45, 2.75) is 32.5 Å². The van der Waals surface area contributed by atoms with Gasteiger partial charge in [0.1, 0.15) is 17.2 Å². The predicted molar refractivity (Wildman–Crippen MR) is 72.8 cm³/mol. The molecule has 0 aliphatic carbocycles. The third kappa shape index (κ3) is 3.72. The molecule has 118 valence electrons. The number of rotatable bonds is 2. The van der Waals surface area contributed by atoms with E-state index in [-0.39, 0.29) is 11.3 Å². The molecule has 0 radical (unpaired) electrons. The fraction of sp³-hybridized carbons (Fsp3) is 0.333. The van der Waals surface area contributed by atoms with Crippen LogP contribution in [0.4, 0.5) is 17.6 Å². The van der Waals surface area contributed by atoms with E-state index < -0.39 is 23.2 Å². The van der Waals surface area contributed by atoms with E-state index in [1.54, 1.807) is 20.8 Å². The van der Waals surface area contributed by atoms with Gasteiger partial charge in [0.2, 0.25) is 0 Å². The quantitative estimate of drug-likeness (QED) is 0.767. The van der Waals surface area contributed by atoms with Crippen LogP contribution in [-0.4, -0.2) is 15.8 Å². The number of halogens is 4. The number of ether oxygens (including phenoxy) is 1. The lowest BCUT2D eigenvalue weighted by molar-refractivity contribution is -0.139. The van der Waals surface area contributed by atoms with Gasteiger partial charge in [-0.25, -0.2) is 4.39 Å². The van der Waals surface area contributed by atoms with E-state index >= 15 is 0 Å². The van der Waals surface area contributed by atoms with Gasteiger partial charge in [-0.1, -0.05) is 0 Å². The van der Waals surface area contributed by atoms with Crippen LogP contribution in [0.3, 0.4) is 0 Å². The molecule has 0 bridgehead atoms. The van der Waals surface area contributed by atoms with E-state index in [1.165, 1.54) is 18.5 Å². The standard InChI is InChI=1S/C15H14F4N2O/c1-14(2,3)22-13-7-12(16)11(15(17,18)19)6-10(13)9-4-5-20-21-8-9/h4-8H,1-3H3. The fourth-order valence-electron chi connectivity index (χ4n) is 1.86. The summed E-state index contributed by atoms with van der Waals surface area (Å²) in [6, 6.07) is 2.97. The zero-order valence-corrected chi connectivity index (χ0v) is 12.2. The average molecular weight is 314 g/mol. The Morgan fingerprint density at radius 3 is 2.23 bits per heavy atom. The summed E-state index contributed by atoms with van der Waals surface area (Å²) in [5.41, 5.74) is -1.57. The molecule has 2 rings (SSSR count). The first-order chi connectivity index (χ1) is 10.1. The Labute approximate surface area is 124 Å². The number of hydrogen-bond acceptors (Lipinski definition) is 3. The van der Waals surface area contributed by atoms with Gasteiger partial charge >= 0.3 is 6.18 Å². The molecule has 1 aromatic heterocycles. The van der Waals surface area contributed by atoms with E-state index in [0.29, 0.717) is 5.56 Å². The Kier molecular flexibility index (Phi) is 4.08. The molecule has 2 aromatic rings. The van der Waals surface area contributed by atoms with Crippen molar-refractivity contribution in [3.63, 3.8) is 0 Å². The second-order valence-electron chi connectivity index (χ2n) is 5.67. The molecule has 0 aliphatic rings. The third-order valence-corrected chi connectivity index (χ3v) is 2.69. The maximum atomic E-state index is 13.8. The zero-order valence-electron chi connectivity index (χ0n) is 12.2. The predicted octanol–water partition coefficient (Wildman–Crippen LogP) is 4.48. The van der Waals surface area contributed by atoms with Crippen LogP contribution in [0.15, 0.2) is 30.6 Å². The smallest absolute Gasteiger partial charge is 0.419 e. The average Bonchev–Trinajstić information content (AvgIpc) is 2.36. The first kappa shape index (κ1) is 16.2. The highest BCUT2D eigenvalue weighted by Crippen LogP contribution is 2.39. The molecule has 0 amide bonds. The second kappa shape index (κ2) is 5.55. The van der Waals surface area contributed by atoms with Crippen molar-refractivity contribution in [3.05, 3.63) is 42.0 Å². The van der Waals surface area contributed by atoms with Gasteiger partial charge in [-0.3, -0.25) is 0 Å². The highest BCUT2D eigenvalue weighted by atomic mass is 19.4. The fourth-order valence-corrected chi connectivity index (χ4v) is 1.86. The molecule has 0 saturated carbocycles. The van der Waals surface area contributed by atoms with Gasteiger partial charge in [-0.15, -0.1) is 0 Å². The largest absolute Gasteiger partial charge is 0.487 e. The van der Waals surface area contributed by atoms with Crippen molar-refractivity contribution in [2.24, 2.45) is 0 Å². The van der Waals surface area contributed by atoms with Gasteiger partial charge in [0.05, 0.1) is 18.0 Å². The highest BCUT2D eigenvalue weighted by Gasteiger charge is 2.35. The monoisotopic (exact) mass is 314 g/mol. The summed E-state index contributed by atoms with van der Waals surface area (Å²) >= 11 is 0. The van der Waals surface area contributed by atoms with Crippen LogP contribution in [0.2, 0.25) is 0 Å². The van der Waals surface area contributed by atoms with Gasteiger partial charge in [-0.05, 0) is 32.9 Å². The first-order valence-corrected chi connectivity index (χ1v) is 6.45. The van der Waals surface area contributed by atoms with Crippen molar-refractivity contribution in [3.8, 4) is 16.9 Å². The molecule has 22 heavy (non-hydrogen) atoms. The van der Waals surface area contributed by atoms with Crippen molar-refractivity contribution in [1.82, 2.24) is 10.2 Å². The molecule has 1 aromatic carbocycles. The summed E-state index contributed by atoms with van der Waals surface area (Å²) in [7, 11) is 0. The third-order valence-electron chi connectivity index (χ3n) is 2.69. The summed E-state index contributed by atoms with van der Waals surface area (Å²) in [6.45, 7) is 5.16. The van der Waals surface area contributed by atoms with Crippen molar-refractivity contribution in [1.29, 1.82) is 0 Å². The van der Waals surface area contributed by atoms with Gasteiger partial charge in [0, 0.05) is 17.2 Å². The Bertz CT molecular complexity index is 664. The number of benzene rings is 1. The summed E-state index contributed by atoms with van der Waals surface area (Å²) in [5.74, 6) is -1.36. The molecule has 0 N–H and O–H groups in total. The minimum Gasteiger partial charge on any atom is -0.487 e. The van der Waals surface area contributed by atoms with Gasteiger partial charge in [-0.2, -0.15) is 23.4 Å². The second-order valence-corrected chi connectivity index (χ2v) is 5.67. The lowest BCUT2D eigenvalue weighted by Crippen LogP contribution is -2.23. The molecule has 0 aliphatic heterocycles. The van der Waals surface area contributed by atoms with Crippen LogP contribution >= 0.6 is 0 Å². The van der Waals surface area contributed by atoms with E-state index in [9.17, 15) is 17.6 Å². The van der Waals surface area contributed by atoms with E-state index in [0.717, 1.165) is 12.1 Å². The molecule has 0 unspecified atom stereocenters. The molecule has 0 atom stereocenters. The molecular weight excluding hydrogens is 300 g/mol. The SMILES string of the molecule is CC(C)(C)Oc1cc(F)c(C(F)(F)F)cc1-c1ccnnc1. The number of nitrogens with zero attached hydrogens (tertiary/aromatic N) is 2. The normalized spacial score (nSPS) is 12.3. The summed E-state index contributed by atoms with van der Waals surface area (Å²) in [5, 5.41) is 7.21. The number of hydrogen-bond donors (Lipinski definition) is 0. The first-order valence-electron chi connectivity index (χ1n) is 6.45. The van der Waals surface area contributed by atoms with Crippen LogP contribution in [-0.2, 0) is 6.18 Å². The summed E-state index contributed by atoms with van der Waals surface area (Å²) < 4.78 is 58.1. The van der Waals surface area contributed by atoms with E-state index in [2.05, 4.69) is 10.2 Å². The van der Waals surface area contributed by atoms with Crippen LogP contribution in [0.25, 0.3) is 11.1 Å². The molecule has 0 spiro atoms. The van der Waals surface area contributed by atoms with Gasteiger partial charge in [0.15, 0.2) is 0 Å². The van der Waals surface area contributed by atoms with E-state index in [1.807, 2.05) is 0 Å². The van der Waals surface area contributed by atoms with Gasteiger partial charge in [0.25, 0.3) is 0 Å². The summed E-state index contributed by atoms with van der Waals surface area (Å²) in [6.07, 6.45) is -2.16. The molecule has 7 heteroatoms. The van der Waals surface area contributed by atoms with Crippen LogP contribution in [0.5, 0.6) is 5.75 Å². The van der Waals surface area contributed by atoms with Crippen LogP contribution in [0, 0.1) is 5.82 Å². The Morgan fingerprint density at radius 1 is 1.05 bits per heavy atom. The number of aromatic nitrogens is 2. The Morgan fingerprint density at radius 2 is 1.73 bits per heavy atom. The molecule has 0 saturated heterocycles. The maximum Gasteiger partial charge on any atom is 0.419 e. The zero-order chi connectivity index (χ0) is 16.5. The van der Waals surface area contributed by atoms with E-state index in [4.69, 9.17) is 4.74 Å². The van der Waals surface area contributed by atoms with Crippen molar-refractivity contribution in [2.75, 3.05) is 0 Å². The van der Waals surface area contributed by atoms with Crippen LogP contribution < -0.4 is 4.74 Å². The maximum absolute atomic E-state index is 13.8. The highest BCUT2D eigenvalue weighted by molar-refractivity contribution is 5.70. The Balaban J connectivity index is 2.65. The lowest BCUT2D eigenvalue weighted by Gasteiger charge is -2.24. The van der Waals surface area contributed by atoms with Gasteiger partial charge < -0.3 is 4.74 Å². The molecule has 0 fully saturated rings. The molecular formula is C15H14F4N2O. The minimum atomic E-state index is -4.79. The lowest BCUT2D eigenvalue weighted by atomic mass is 10.0. The van der Waals surface area contributed by atoms with Crippen LogP contribution in [0.1, 0.15) is 26.3 Å². The Hall–Kier alpha value is -2.18. The summed E-state index contributed by atoms with van der Waals surface area (Å²) in [4.78, 5) is 0. The molecule has 1 heterocycles.